The molecule has 0 aliphatic heterocycles. The van der Waals surface area contributed by atoms with E-state index in [0.29, 0.717) is 17.3 Å². The highest BCUT2D eigenvalue weighted by Gasteiger charge is 2.33. The first-order chi connectivity index (χ1) is 18.9. The Hall–Kier alpha value is -3.36. The Bertz CT molecular complexity index is 1390. The molecule has 0 unspecified atom stereocenters. The van der Waals surface area contributed by atoms with E-state index in [1.807, 2.05) is 76.2 Å². The molecule has 0 saturated carbocycles. The highest BCUT2D eigenvalue weighted by molar-refractivity contribution is 7.92. The van der Waals surface area contributed by atoms with Crippen LogP contribution in [0.3, 0.4) is 0 Å². The predicted molar refractivity (Wildman–Crippen MR) is 162 cm³/mol. The summed E-state index contributed by atoms with van der Waals surface area (Å²) in [5.74, 6) is -0.562. The summed E-state index contributed by atoms with van der Waals surface area (Å²) in [4.78, 5) is 29.3. The van der Waals surface area contributed by atoms with Crippen molar-refractivity contribution in [1.82, 2.24) is 10.2 Å². The average Bonchev–Trinajstić information content (AvgIpc) is 2.89. The maximum Gasteiger partial charge on any atom is 0.244 e. The van der Waals surface area contributed by atoms with Gasteiger partial charge in [-0.05, 0) is 54.2 Å². The van der Waals surface area contributed by atoms with Gasteiger partial charge in [0.15, 0.2) is 0 Å². The molecule has 0 saturated heterocycles. The van der Waals surface area contributed by atoms with Gasteiger partial charge in [-0.25, -0.2) is 8.42 Å². The lowest BCUT2D eigenvalue weighted by molar-refractivity contribution is -0.140. The first kappa shape index (κ1) is 31.2. The number of nitrogens with zero attached hydrogens (tertiary/aromatic N) is 2. The summed E-state index contributed by atoms with van der Waals surface area (Å²) in [5.41, 5.74) is 3.59. The standard InChI is InChI=1S/C31H38ClN3O4S/c1-22(2)19-33-31(37)28(18-25-12-7-6-8-13-25)34(20-26-14-16-27(32)17-15-26)29(36)21-35(40(5,38)39)30-23(3)10-9-11-24(30)4/h6-17,22,28H,18-21H2,1-5H3,(H,33,37)/t28-/m0/s1. The van der Waals surface area contributed by atoms with Crippen molar-refractivity contribution >= 4 is 39.1 Å². The molecule has 0 spiro atoms. The van der Waals surface area contributed by atoms with Gasteiger partial charge in [0.05, 0.1) is 11.9 Å². The van der Waals surface area contributed by atoms with E-state index in [1.165, 1.54) is 4.90 Å². The third-order valence-corrected chi connectivity index (χ3v) is 7.95. The van der Waals surface area contributed by atoms with Gasteiger partial charge in [-0.2, -0.15) is 0 Å². The molecule has 214 valence electrons. The van der Waals surface area contributed by atoms with Gasteiger partial charge >= 0.3 is 0 Å². The van der Waals surface area contributed by atoms with E-state index in [0.717, 1.165) is 32.8 Å². The summed E-state index contributed by atoms with van der Waals surface area (Å²) in [6.07, 6.45) is 1.36. The number of halogens is 1. The van der Waals surface area contributed by atoms with Gasteiger partial charge in [0.25, 0.3) is 0 Å². The minimum atomic E-state index is -3.83. The number of nitrogens with one attached hydrogen (secondary N) is 1. The fourth-order valence-corrected chi connectivity index (χ4v) is 5.63. The van der Waals surface area contributed by atoms with E-state index in [9.17, 15) is 18.0 Å². The van der Waals surface area contributed by atoms with Crippen molar-refractivity contribution in [2.75, 3.05) is 23.7 Å². The number of para-hydroxylation sites is 1. The highest BCUT2D eigenvalue weighted by atomic mass is 35.5. The first-order valence-corrected chi connectivity index (χ1v) is 15.5. The molecule has 9 heteroatoms. The second-order valence-electron chi connectivity index (χ2n) is 10.5. The minimum Gasteiger partial charge on any atom is -0.354 e. The zero-order valence-electron chi connectivity index (χ0n) is 23.7. The van der Waals surface area contributed by atoms with Crippen molar-refractivity contribution in [2.45, 2.75) is 46.7 Å². The summed E-state index contributed by atoms with van der Waals surface area (Å²) < 4.78 is 27.2. The van der Waals surface area contributed by atoms with Crippen molar-refractivity contribution in [3.8, 4) is 0 Å². The van der Waals surface area contributed by atoms with Crippen molar-refractivity contribution in [2.24, 2.45) is 5.92 Å². The smallest absolute Gasteiger partial charge is 0.244 e. The van der Waals surface area contributed by atoms with Crippen LogP contribution in [-0.4, -0.2) is 50.5 Å². The van der Waals surface area contributed by atoms with Crippen LogP contribution in [0.1, 0.15) is 36.1 Å². The Morgan fingerprint density at radius 2 is 1.48 bits per heavy atom. The molecule has 40 heavy (non-hydrogen) atoms. The third-order valence-electron chi connectivity index (χ3n) is 6.59. The van der Waals surface area contributed by atoms with E-state index in [4.69, 9.17) is 11.6 Å². The highest BCUT2D eigenvalue weighted by Crippen LogP contribution is 2.27. The topological polar surface area (TPSA) is 86.8 Å². The number of aryl methyl sites for hydroxylation is 2. The molecule has 0 aromatic heterocycles. The molecule has 7 nitrogen and oxygen atoms in total. The molecular formula is C31H38ClN3O4S. The Kier molecular flexibility index (Phi) is 10.8. The van der Waals surface area contributed by atoms with Gasteiger partial charge < -0.3 is 10.2 Å². The number of anilines is 1. The molecule has 3 aromatic carbocycles. The van der Waals surface area contributed by atoms with E-state index >= 15 is 0 Å². The molecule has 0 aliphatic rings. The van der Waals surface area contributed by atoms with Crippen LogP contribution in [0.4, 0.5) is 5.69 Å². The van der Waals surface area contributed by atoms with E-state index < -0.39 is 28.5 Å². The Labute approximate surface area is 243 Å². The number of carbonyl (C=O) groups excluding carboxylic acids is 2. The second kappa shape index (κ2) is 13.8. The minimum absolute atomic E-state index is 0.104. The molecule has 1 N–H and O–H groups in total. The van der Waals surface area contributed by atoms with Crippen LogP contribution in [0.2, 0.25) is 5.02 Å². The van der Waals surface area contributed by atoms with Crippen molar-refractivity contribution < 1.29 is 18.0 Å². The number of sulfonamides is 1. The average molecular weight is 584 g/mol. The second-order valence-corrected chi connectivity index (χ2v) is 12.8. The molecule has 0 fully saturated rings. The first-order valence-electron chi connectivity index (χ1n) is 13.3. The summed E-state index contributed by atoms with van der Waals surface area (Å²) in [7, 11) is -3.83. The largest absolute Gasteiger partial charge is 0.354 e. The lowest BCUT2D eigenvalue weighted by Crippen LogP contribution is -2.53. The number of hydrogen-bond acceptors (Lipinski definition) is 4. The molecule has 3 rings (SSSR count). The van der Waals surface area contributed by atoms with E-state index in [-0.39, 0.29) is 24.8 Å². The van der Waals surface area contributed by atoms with E-state index in [2.05, 4.69) is 5.32 Å². The molecule has 2 amide bonds. The number of hydrogen-bond donors (Lipinski definition) is 1. The van der Waals surface area contributed by atoms with Crippen LogP contribution in [0.5, 0.6) is 0 Å². The maximum absolute atomic E-state index is 14.2. The van der Waals surface area contributed by atoms with Crippen LogP contribution in [0.15, 0.2) is 72.8 Å². The monoisotopic (exact) mass is 583 g/mol. The van der Waals surface area contributed by atoms with Gasteiger partial charge in [-0.15, -0.1) is 0 Å². The molecule has 0 aliphatic carbocycles. The van der Waals surface area contributed by atoms with Gasteiger partial charge in [-0.1, -0.05) is 86.1 Å². The van der Waals surface area contributed by atoms with Crippen LogP contribution in [-0.2, 0) is 32.6 Å². The summed E-state index contributed by atoms with van der Waals surface area (Å²) >= 11 is 6.10. The summed E-state index contributed by atoms with van der Waals surface area (Å²) in [6, 6.07) is 21.1. The Balaban J connectivity index is 2.07. The lowest BCUT2D eigenvalue weighted by atomic mass is 10.0. The van der Waals surface area contributed by atoms with Crippen molar-refractivity contribution in [3.05, 3.63) is 100 Å². The van der Waals surface area contributed by atoms with Crippen LogP contribution in [0.25, 0.3) is 0 Å². The quantitative estimate of drug-likeness (QED) is 0.320. The fourth-order valence-electron chi connectivity index (χ4n) is 4.54. The van der Waals surface area contributed by atoms with Gasteiger partial charge in [-0.3, -0.25) is 13.9 Å². The predicted octanol–water partition coefficient (Wildman–Crippen LogP) is 5.14. The Morgan fingerprint density at radius 3 is 2.02 bits per heavy atom. The molecule has 3 aromatic rings. The molecular weight excluding hydrogens is 546 g/mol. The molecule has 1 atom stereocenters. The molecule has 0 heterocycles. The Morgan fingerprint density at radius 1 is 0.875 bits per heavy atom. The van der Waals surface area contributed by atoms with Crippen LogP contribution >= 0.6 is 11.6 Å². The molecule has 0 bridgehead atoms. The number of benzene rings is 3. The SMILES string of the molecule is Cc1cccc(C)c1N(CC(=O)N(Cc1ccc(Cl)cc1)[C@@H](Cc1ccccc1)C(=O)NCC(C)C)S(C)(=O)=O. The van der Waals surface area contributed by atoms with E-state index in [1.54, 1.807) is 24.3 Å². The van der Waals surface area contributed by atoms with Crippen molar-refractivity contribution in [3.63, 3.8) is 0 Å². The zero-order chi connectivity index (χ0) is 29.4. The number of rotatable bonds is 12. The van der Waals surface area contributed by atoms with Crippen LogP contribution in [0, 0.1) is 19.8 Å². The number of amides is 2. The number of carbonyl (C=O) groups is 2. The van der Waals surface area contributed by atoms with Crippen molar-refractivity contribution in [1.29, 1.82) is 0 Å². The maximum atomic E-state index is 14.2. The van der Waals surface area contributed by atoms with Gasteiger partial charge in [0, 0.05) is 24.5 Å². The zero-order valence-corrected chi connectivity index (χ0v) is 25.3. The third kappa shape index (κ3) is 8.57. The fraction of sp³-hybridized carbons (Fsp3) is 0.355. The summed E-state index contributed by atoms with van der Waals surface area (Å²) in [5, 5.41) is 3.53. The van der Waals surface area contributed by atoms with Gasteiger partial charge in [0.2, 0.25) is 21.8 Å². The van der Waals surface area contributed by atoms with Crippen LogP contribution < -0.4 is 9.62 Å². The normalized spacial score (nSPS) is 12.2. The lowest BCUT2D eigenvalue weighted by Gasteiger charge is -2.34. The molecule has 0 radical (unpaired) electrons. The van der Waals surface area contributed by atoms with Gasteiger partial charge in [0.1, 0.15) is 12.6 Å². The summed E-state index contributed by atoms with van der Waals surface area (Å²) in [6.45, 7) is 7.73.